The molecule has 2 aliphatic carbocycles. The number of piperazine rings is 1. The monoisotopic (exact) mass is 739 g/mol. The molecule has 1 N–H and O–H groups in total. The van der Waals surface area contributed by atoms with Crippen LogP contribution in [0.1, 0.15) is 115 Å². The molecule has 0 spiro atoms. The summed E-state index contributed by atoms with van der Waals surface area (Å²) in [6, 6.07) is 20.2. The van der Waals surface area contributed by atoms with Crippen molar-refractivity contribution in [1.29, 1.82) is 0 Å². The highest BCUT2D eigenvalue weighted by molar-refractivity contribution is 5.47. The van der Waals surface area contributed by atoms with Crippen LogP contribution < -0.4 is 5.32 Å². The Balaban J connectivity index is 0.000000235. The number of benzene rings is 2. The van der Waals surface area contributed by atoms with Crippen LogP contribution >= 0.6 is 0 Å². The molecular weight excluding hydrogens is 669 g/mol. The highest BCUT2D eigenvalue weighted by atomic mass is 16.1. The van der Waals surface area contributed by atoms with Crippen molar-refractivity contribution in [2.24, 2.45) is 0 Å². The van der Waals surface area contributed by atoms with Gasteiger partial charge in [0, 0.05) is 64.2 Å². The summed E-state index contributed by atoms with van der Waals surface area (Å²) >= 11 is 0. The number of allylic oxidation sites excluding steroid dienone is 3. The molecule has 2 amide bonds. The summed E-state index contributed by atoms with van der Waals surface area (Å²) in [5, 5.41) is 2.80. The average molecular weight is 739 g/mol. The summed E-state index contributed by atoms with van der Waals surface area (Å²) in [6.07, 6.45) is 25.1. The van der Waals surface area contributed by atoms with Gasteiger partial charge in [-0.1, -0.05) is 112 Å². The predicted octanol–water partition coefficient (Wildman–Crippen LogP) is 9.01. The predicted molar refractivity (Wildman–Crippen MR) is 225 cm³/mol. The molecule has 54 heavy (non-hydrogen) atoms. The molecule has 1 unspecified atom stereocenters. The van der Waals surface area contributed by atoms with Crippen LogP contribution in [0.2, 0.25) is 0 Å². The second kappa shape index (κ2) is 26.7. The molecule has 2 aromatic carbocycles. The second-order valence-corrected chi connectivity index (χ2v) is 14.4. The van der Waals surface area contributed by atoms with Gasteiger partial charge in [0.05, 0.1) is 12.4 Å². The van der Waals surface area contributed by atoms with Gasteiger partial charge in [0.25, 0.3) is 0 Å². The Morgan fingerprint density at radius 1 is 0.907 bits per heavy atom. The second-order valence-electron chi connectivity index (χ2n) is 14.4. The summed E-state index contributed by atoms with van der Waals surface area (Å²) < 4.78 is 2.02. The molecule has 1 atom stereocenters. The number of hydrogen-bond donors (Lipinski definition) is 1. The number of aryl methyl sites for hydroxylation is 2. The largest absolute Gasteiger partial charge is 0.356 e. The lowest BCUT2D eigenvalue weighted by Gasteiger charge is -2.41. The Labute approximate surface area is 327 Å². The number of rotatable bonds is 13. The molecule has 0 radical (unpaired) electrons. The van der Waals surface area contributed by atoms with Gasteiger partial charge in [0.1, 0.15) is 0 Å². The van der Waals surface area contributed by atoms with Gasteiger partial charge in [-0.15, -0.1) is 0 Å². The lowest BCUT2D eigenvalue weighted by molar-refractivity contribution is -0.118. The first kappa shape index (κ1) is 44.4. The summed E-state index contributed by atoms with van der Waals surface area (Å²) in [7, 11) is 2.25. The quantitative estimate of drug-likeness (QED) is 0.140. The Bertz CT molecular complexity index is 1470. The lowest BCUT2D eigenvalue weighted by Crippen LogP contribution is -2.46. The van der Waals surface area contributed by atoms with Crippen molar-refractivity contribution >= 4 is 12.8 Å². The number of aromatic nitrogens is 2. The molecular formula is C46H70N6O2. The van der Waals surface area contributed by atoms with Crippen molar-refractivity contribution in [2.45, 2.75) is 123 Å². The van der Waals surface area contributed by atoms with E-state index in [2.05, 4.69) is 77.4 Å². The molecule has 3 aromatic rings. The van der Waals surface area contributed by atoms with Crippen LogP contribution in [-0.4, -0.2) is 82.9 Å². The molecule has 1 saturated carbocycles. The number of nitrogens with one attached hydrogen (secondary N) is 1. The van der Waals surface area contributed by atoms with Gasteiger partial charge in [-0.25, -0.2) is 4.98 Å². The van der Waals surface area contributed by atoms with Crippen LogP contribution in [0.5, 0.6) is 0 Å². The van der Waals surface area contributed by atoms with Crippen LogP contribution in [0.3, 0.4) is 0 Å². The summed E-state index contributed by atoms with van der Waals surface area (Å²) in [5.74, 6) is 0. The van der Waals surface area contributed by atoms with E-state index in [0.29, 0.717) is 18.6 Å². The van der Waals surface area contributed by atoms with Crippen LogP contribution in [-0.2, 0) is 29.1 Å². The first-order valence-electron chi connectivity index (χ1n) is 20.8. The Morgan fingerprint density at radius 2 is 1.63 bits per heavy atom. The van der Waals surface area contributed by atoms with Gasteiger partial charge >= 0.3 is 0 Å². The molecule has 1 aliphatic heterocycles. The van der Waals surface area contributed by atoms with Crippen LogP contribution in [0, 0.1) is 0 Å². The third-order valence-corrected chi connectivity index (χ3v) is 10.7. The molecule has 2 fully saturated rings. The minimum Gasteiger partial charge on any atom is -0.356 e. The molecule has 8 nitrogen and oxygen atoms in total. The number of amides is 2. The number of fused-ring (bicyclic) bond motifs is 1. The Kier molecular flexibility index (Phi) is 22.0. The van der Waals surface area contributed by atoms with Crippen molar-refractivity contribution in [3.63, 3.8) is 0 Å². The first-order chi connectivity index (χ1) is 26.6. The summed E-state index contributed by atoms with van der Waals surface area (Å²) in [6.45, 7) is 15.5. The molecule has 0 bridgehead atoms. The lowest BCUT2D eigenvalue weighted by atomic mass is 9.82. The van der Waals surface area contributed by atoms with Gasteiger partial charge in [-0.05, 0) is 87.6 Å². The Hall–Kier alpha value is -4.01. The fraction of sp³-hybridized carbons (Fsp3) is 0.543. The van der Waals surface area contributed by atoms with Crippen molar-refractivity contribution in [3.8, 4) is 0 Å². The van der Waals surface area contributed by atoms with E-state index in [1.54, 1.807) is 39.7 Å². The molecule has 1 saturated heterocycles. The Morgan fingerprint density at radius 3 is 2.28 bits per heavy atom. The van der Waals surface area contributed by atoms with Gasteiger partial charge in [0.15, 0.2) is 0 Å². The van der Waals surface area contributed by atoms with Gasteiger partial charge in [0.2, 0.25) is 12.8 Å². The minimum absolute atomic E-state index is 0.469. The molecule has 8 heteroatoms. The highest BCUT2D eigenvalue weighted by Crippen LogP contribution is 2.39. The third-order valence-electron chi connectivity index (χ3n) is 10.7. The van der Waals surface area contributed by atoms with E-state index in [1.165, 1.54) is 84.0 Å². The number of carbonyl (C=O) groups is 2. The smallest absolute Gasteiger partial charge is 0.210 e. The van der Waals surface area contributed by atoms with Gasteiger partial charge < -0.3 is 19.7 Å². The number of hydrogen-bond acceptors (Lipinski definition) is 5. The van der Waals surface area contributed by atoms with Crippen molar-refractivity contribution in [1.82, 2.24) is 29.6 Å². The fourth-order valence-electron chi connectivity index (χ4n) is 7.69. The van der Waals surface area contributed by atoms with Crippen molar-refractivity contribution in [3.05, 3.63) is 113 Å². The zero-order valence-corrected chi connectivity index (χ0v) is 34.2. The maximum atomic E-state index is 11.0. The summed E-state index contributed by atoms with van der Waals surface area (Å²) in [4.78, 5) is 32.0. The number of likely N-dealkylation sites (N-methyl/N-ethyl adjacent to an activating group) is 1. The van der Waals surface area contributed by atoms with Crippen LogP contribution in [0.25, 0.3) is 0 Å². The molecule has 2 heterocycles. The van der Waals surface area contributed by atoms with Crippen molar-refractivity contribution < 1.29 is 9.59 Å². The van der Waals surface area contributed by atoms with E-state index in [4.69, 9.17) is 0 Å². The molecule has 6 rings (SSSR count). The highest BCUT2D eigenvalue weighted by Gasteiger charge is 2.30. The standard InChI is InChI=1S/C23H34N2.C14H17N3O.C7H13NO.C2H6/c1-4-6-13-21-19(5-2)11-9-12-20-10-7-8-14-22(20)23(21)25-17-15-24(3)16-18-25;18-13-17(11-14-5-2-1-3-6-14)9-4-8-16-10-7-15-12-16;9-6-8-7-4-2-1-3-5-7;1-2/h4,6-8,10,14,23H,5,9,11-13,15-18H2,1-3H3;1-3,5-7,10,12-13H,4,8-9,11H2;6-7H,1-5H2,(H,8,9);1-2H3/b6-4-,21-19-;;;. The minimum atomic E-state index is 0.469. The number of nitrogens with zero attached hydrogens (tertiary/aromatic N) is 5. The molecule has 1 aromatic heterocycles. The van der Waals surface area contributed by atoms with Gasteiger partial charge in [-0.3, -0.25) is 14.5 Å². The molecule has 3 aliphatic rings. The maximum absolute atomic E-state index is 11.0. The van der Waals surface area contributed by atoms with E-state index in [0.717, 1.165) is 44.3 Å². The van der Waals surface area contributed by atoms with E-state index < -0.39 is 0 Å². The SMILES string of the molecule is C/C=C\C/C1=C(\CC)CCCc2ccccc2C1N1CCN(C)CC1.CC.O=CN(CCCn1ccnc1)Cc1ccccc1.O=CNC1CCCCC1. The van der Waals surface area contributed by atoms with E-state index >= 15 is 0 Å². The topological polar surface area (TPSA) is 73.7 Å². The normalized spacial score (nSPS) is 19.3. The average Bonchev–Trinajstić information content (AvgIpc) is 3.74. The maximum Gasteiger partial charge on any atom is 0.210 e. The van der Waals surface area contributed by atoms with E-state index in [9.17, 15) is 9.59 Å². The fourth-order valence-corrected chi connectivity index (χ4v) is 7.69. The molecule has 296 valence electrons. The van der Waals surface area contributed by atoms with Gasteiger partial charge in [-0.2, -0.15) is 0 Å². The number of imidazole rings is 1. The van der Waals surface area contributed by atoms with Crippen LogP contribution in [0.4, 0.5) is 0 Å². The van der Waals surface area contributed by atoms with E-state index in [-0.39, 0.29) is 0 Å². The van der Waals surface area contributed by atoms with Crippen LogP contribution in [0.15, 0.2) is 96.6 Å². The van der Waals surface area contributed by atoms with Crippen molar-refractivity contribution in [2.75, 3.05) is 39.8 Å². The zero-order chi connectivity index (χ0) is 38.8. The third kappa shape index (κ3) is 15.4. The number of carbonyl (C=O) groups excluding carboxylic acids is 2. The summed E-state index contributed by atoms with van der Waals surface area (Å²) in [5.41, 5.74) is 7.68. The van der Waals surface area contributed by atoms with E-state index in [1.807, 2.05) is 54.9 Å². The zero-order valence-electron chi connectivity index (χ0n) is 34.2. The first-order valence-corrected chi connectivity index (χ1v) is 20.8.